The third-order valence-electron chi connectivity index (χ3n) is 1.83. The third kappa shape index (κ3) is 2.95. The van der Waals surface area contributed by atoms with Gasteiger partial charge in [0, 0.05) is 6.07 Å². The first-order chi connectivity index (χ1) is 7.58. The van der Waals surface area contributed by atoms with Crippen molar-refractivity contribution in [3.63, 3.8) is 0 Å². The van der Waals surface area contributed by atoms with E-state index in [4.69, 9.17) is 9.47 Å². The summed E-state index contributed by atoms with van der Waals surface area (Å²) in [4.78, 5) is 10.8. The van der Waals surface area contributed by atoms with Crippen molar-refractivity contribution in [1.82, 2.24) is 0 Å². The summed E-state index contributed by atoms with van der Waals surface area (Å²) in [5.74, 6) is 0.0488. The summed E-state index contributed by atoms with van der Waals surface area (Å²) in [6, 6.07) is 2.35. The molecule has 1 aromatic rings. The Hall–Kier alpha value is -1.58. The van der Waals surface area contributed by atoms with Crippen molar-refractivity contribution in [2.24, 2.45) is 0 Å². The number of carbonyl (C=O) groups excluding carboxylic acids is 1. The second kappa shape index (κ2) is 5.49. The molecule has 88 valence electrons. The van der Waals surface area contributed by atoms with E-state index in [0.717, 1.165) is 6.07 Å². The van der Waals surface area contributed by atoms with Gasteiger partial charge in [-0.05, 0) is 26.8 Å². The number of rotatable bonds is 5. The highest BCUT2D eigenvalue weighted by atomic mass is 19.1. The number of aldehydes is 1. The van der Waals surface area contributed by atoms with E-state index in [1.807, 2.05) is 13.8 Å². The van der Waals surface area contributed by atoms with E-state index in [-0.39, 0.29) is 17.4 Å². The van der Waals surface area contributed by atoms with Gasteiger partial charge in [0.15, 0.2) is 17.8 Å². The Bertz CT molecular complexity index is 375. The van der Waals surface area contributed by atoms with Gasteiger partial charge in [0.25, 0.3) is 0 Å². The van der Waals surface area contributed by atoms with Gasteiger partial charge in [-0.25, -0.2) is 4.39 Å². The standard InChI is InChI=1S/C12H15FO3/c1-4-15-12-9(7-14)5-10(13)6-11(12)16-8(2)3/h5-8H,4H2,1-3H3. The molecule has 0 aliphatic carbocycles. The lowest BCUT2D eigenvalue weighted by atomic mass is 10.2. The van der Waals surface area contributed by atoms with E-state index in [2.05, 4.69) is 0 Å². The SMILES string of the molecule is CCOc1c(C=O)cc(F)cc1OC(C)C. The van der Waals surface area contributed by atoms with Crippen LogP contribution in [0.2, 0.25) is 0 Å². The fraction of sp³-hybridized carbons (Fsp3) is 0.417. The molecule has 3 nitrogen and oxygen atoms in total. The molecule has 0 radical (unpaired) electrons. The van der Waals surface area contributed by atoms with Crippen LogP contribution in [0, 0.1) is 5.82 Å². The maximum absolute atomic E-state index is 13.2. The minimum atomic E-state index is -0.513. The molecular formula is C12H15FO3. The first-order valence-corrected chi connectivity index (χ1v) is 5.16. The van der Waals surface area contributed by atoms with Gasteiger partial charge >= 0.3 is 0 Å². The average Bonchev–Trinajstić information content (AvgIpc) is 2.20. The van der Waals surface area contributed by atoms with Crippen LogP contribution in [-0.2, 0) is 0 Å². The average molecular weight is 226 g/mol. The van der Waals surface area contributed by atoms with Crippen LogP contribution in [0.5, 0.6) is 11.5 Å². The van der Waals surface area contributed by atoms with E-state index in [9.17, 15) is 9.18 Å². The Kier molecular flexibility index (Phi) is 4.28. The fourth-order valence-electron chi connectivity index (χ4n) is 1.32. The molecule has 0 saturated heterocycles. The second-order valence-electron chi connectivity index (χ2n) is 3.54. The minimum absolute atomic E-state index is 0.111. The highest BCUT2D eigenvalue weighted by Gasteiger charge is 2.14. The first kappa shape index (κ1) is 12.5. The van der Waals surface area contributed by atoms with Gasteiger partial charge < -0.3 is 9.47 Å². The maximum Gasteiger partial charge on any atom is 0.171 e. The molecule has 0 N–H and O–H groups in total. The molecule has 0 aliphatic heterocycles. The summed E-state index contributed by atoms with van der Waals surface area (Å²) in [6.45, 7) is 5.82. The van der Waals surface area contributed by atoms with E-state index in [1.54, 1.807) is 6.92 Å². The number of benzene rings is 1. The lowest BCUT2D eigenvalue weighted by Crippen LogP contribution is -2.09. The summed E-state index contributed by atoms with van der Waals surface area (Å²) in [6.07, 6.45) is 0.446. The van der Waals surface area contributed by atoms with Gasteiger partial charge in [0.1, 0.15) is 5.82 Å². The zero-order valence-corrected chi connectivity index (χ0v) is 9.62. The Morgan fingerprint density at radius 1 is 1.44 bits per heavy atom. The molecule has 0 amide bonds. The Morgan fingerprint density at radius 3 is 2.62 bits per heavy atom. The highest BCUT2D eigenvalue weighted by molar-refractivity contribution is 5.81. The Balaban J connectivity index is 3.20. The molecule has 0 unspecified atom stereocenters. The molecular weight excluding hydrogens is 211 g/mol. The molecule has 0 atom stereocenters. The van der Waals surface area contributed by atoms with Crippen molar-refractivity contribution >= 4 is 6.29 Å². The van der Waals surface area contributed by atoms with Crippen molar-refractivity contribution in [3.8, 4) is 11.5 Å². The zero-order chi connectivity index (χ0) is 12.1. The Labute approximate surface area is 94.2 Å². The number of hydrogen-bond donors (Lipinski definition) is 0. The van der Waals surface area contributed by atoms with E-state index < -0.39 is 5.82 Å². The lowest BCUT2D eigenvalue weighted by molar-refractivity contribution is 0.111. The Morgan fingerprint density at radius 2 is 2.12 bits per heavy atom. The number of ether oxygens (including phenoxy) is 2. The van der Waals surface area contributed by atoms with Gasteiger partial charge in [-0.1, -0.05) is 0 Å². The van der Waals surface area contributed by atoms with Crippen LogP contribution in [0.15, 0.2) is 12.1 Å². The molecule has 0 spiro atoms. The van der Waals surface area contributed by atoms with E-state index in [1.165, 1.54) is 6.07 Å². The predicted molar refractivity (Wildman–Crippen MR) is 58.7 cm³/mol. The third-order valence-corrected chi connectivity index (χ3v) is 1.83. The van der Waals surface area contributed by atoms with Crippen molar-refractivity contribution in [2.75, 3.05) is 6.61 Å². The molecule has 16 heavy (non-hydrogen) atoms. The molecule has 4 heteroatoms. The first-order valence-electron chi connectivity index (χ1n) is 5.16. The second-order valence-corrected chi connectivity index (χ2v) is 3.54. The maximum atomic E-state index is 13.2. The fourth-order valence-corrected chi connectivity index (χ4v) is 1.32. The van der Waals surface area contributed by atoms with Crippen LogP contribution in [0.4, 0.5) is 4.39 Å². The number of halogens is 1. The zero-order valence-electron chi connectivity index (χ0n) is 9.62. The van der Waals surface area contributed by atoms with Crippen LogP contribution in [0.25, 0.3) is 0 Å². The van der Waals surface area contributed by atoms with Crippen molar-refractivity contribution in [2.45, 2.75) is 26.9 Å². The van der Waals surface area contributed by atoms with Crippen LogP contribution in [0.3, 0.4) is 0 Å². The van der Waals surface area contributed by atoms with Crippen molar-refractivity contribution in [3.05, 3.63) is 23.5 Å². The van der Waals surface area contributed by atoms with Crippen LogP contribution >= 0.6 is 0 Å². The van der Waals surface area contributed by atoms with Gasteiger partial charge in [-0.3, -0.25) is 4.79 Å². The topological polar surface area (TPSA) is 35.5 Å². The van der Waals surface area contributed by atoms with Gasteiger partial charge in [0.05, 0.1) is 18.3 Å². The van der Waals surface area contributed by atoms with E-state index in [0.29, 0.717) is 18.6 Å². The van der Waals surface area contributed by atoms with Crippen LogP contribution in [0.1, 0.15) is 31.1 Å². The molecule has 0 saturated carbocycles. The highest BCUT2D eigenvalue weighted by Crippen LogP contribution is 2.32. The van der Waals surface area contributed by atoms with Gasteiger partial charge in [-0.15, -0.1) is 0 Å². The number of carbonyl (C=O) groups is 1. The monoisotopic (exact) mass is 226 g/mol. The van der Waals surface area contributed by atoms with Crippen molar-refractivity contribution in [1.29, 1.82) is 0 Å². The summed E-state index contributed by atoms with van der Waals surface area (Å²) >= 11 is 0. The summed E-state index contributed by atoms with van der Waals surface area (Å²) < 4.78 is 23.9. The van der Waals surface area contributed by atoms with Gasteiger partial charge in [-0.2, -0.15) is 0 Å². The quantitative estimate of drug-likeness (QED) is 0.724. The molecule has 1 rings (SSSR count). The molecule has 0 aliphatic rings. The largest absolute Gasteiger partial charge is 0.489 e. The van der Waals surface area contributed by atoms with Crippen molar-refractivity contribution < 1.29 is 18.7 Å². The summed E-state index contributed by atoms with van der Waals surface area (Å²) in [5.41, 5.74) is 0.164. The van der Waals surface area contributed by atoms with Crippen LogP contribution in [-0.4, -0.2) is 19.0 Å². The number of hydrogen-bond acceptors (Lipinski definition) is 3. The minimum Gasteiger partial charge on any atom is -0.489 e. The lowest BCUT2D eigenvalue weighted by Gasteiger charge is -2.15. The predicted octanol–water partition coefficient (Wildman–Crippen LogP) is 2.82. The smallest absolute Gasteiger partial charge is 0.171 e. The molecule has 0 heterocycles. The normalized spacial score (nSPS) is 10.3. The van der Waals surface area contributed by atoms with E-state index >= 15 is 0 Å². The molecule has 1 aromatic carbocycles. The van der Waals surface area contributed by atoms with Crippen LogP contribution < -0.4 is 9.47 Å². The summed E-state index contributed by atoms with van der Waals surface area (Å²) in [5, 5.41) is 0. The molecule has 0 aromatic heterocycles. The summed E-state index contributed by atoms with van der Waals surface area (Å²) in [7, 11) is 0. The van der Waals surface area contributed by atoms with Gasteiger partial charge in [0.2, 0.25) is 0 Å². The molecule has 0 fully saturated rings. The molecule has 0 bridgehead atoms.